The Morgan fingerprint density at radius 3 is 2.74 bits per heavy atom. The Kier molecular flexibility index (Phi) is 4.34. The van der Waals surface area contributed by atoms with Crippen LogP contribution in [0.4, 0.5) is 0 Å². The molecule has 23 heavy (non-hydrogen) atoms. The minimum Gasteiger partial charge on any atom is -0.454 e. The highest BCUT2D eigenvalue weighted by Gasteiger charge is 2.13. The number of ketones is 1. The summed E-state index contributed by atoms with van der Waals surface area (Å²) in [5.41, 5.74) is 2.44. The van der Waals surface area contributed by atoms with Gasteiger partial charge in [0, 0.05) is 22.7 Å². The molecule has 0 unspecified atom stereocenters. The van der Waals surface area contributed by atoms with Crippen molar-refractivity contribution in [1.29, 1.82) is 0 Å². The molecule has 0 amide bonds. The highest BCUT2D eigenvalue weighted by atomic mass is 32.1. The van der Waals surface area contributed by atoms with E-state index in [2.05, 4.69) is 9.97 Å². The average Bonchev–Trinajstić information content (AvgIpc) is 3.23. The Morgan fingerprint density at radius 2 is 2.04 bits per heavy atom. The molecule has 0 aliphatic heterocycles. The molecule has 2 heterocycles. The smallest absolute Gasteiger partial charge is 0.355 e. The Morgan fingerprint density at radius 1 is 1.26 bits per heavy atom. The molecule has 0 bridgehead atoms. The van der Waals surface area contributed by atoms with Crippen LogP contribution in [-0.4, -0.2) is 21.7 Å². The van der Waals surface area contributed by atoms with Gasteiger partial charge in [-0.3, -0.25) is 4.79 Å². The SMILES string of the molecule is CC(=O)c1c[nH]c(C(=O)OCc2csc(-c3ccccc3)n2)c1. The van der Waals surface area contributed by atoms with Gasteiger partial charge in [-0.1, -0.05) is 30.3 Å². The number of carbonyl (C=O) groups is 2. The van der Waals surface area contributed by atoms with E-state index in [0.29, 0.717) is 11.3 Å². The maximum Gasteiger partial charge on any atom is 0.355 e. The molecule has 0 atom stereocenters. The first kappa shape index (κ1) is 15.2. The molecule has 0 saturated carbocycles. The molecule has 6 heteroatoms. The van der Waals surface area contributed by atoms with Crippen molar-refractivity contribution in [3.63, 3.8) is 0 Å². The Hall–Kier alpha value is -2.73. The molecule has 1 aromatic carbocycles. The van der Waals surface area contributed by atoms with E-state index in [4.69, 9.17) is 4.74 Å². The number of nitrogens with zero attached hydrogens (tertiary/aromatic N) is 1. The Labute approximate surface area is 137 Å². The number of rotatable bonds is 5. The van der Waals surface area contributed by atoms with Crippen molar-refractivity contribution in [1.82, 2.24) is 9.97 Å². The van der Waals surface area contributed by atoms with E-state index in [1.54, 1.807) is 0 Å². The molecule has 3 rings (SSSR count). The second kappa shape index (κ2) is 6.58. The quantitative estimate of drug-likeness (QED) is 0.573. The van der Waals surface area contributed by atoms with Gasteiger partial charge < -0.3 is 9.72 Å². The number of hydrogen-bond donors (Lipinski definition) is 1. The number of esters is 1. The third-order valence-corrected chi connectivity index (χ3v) is 4.17. The van der Waals surface area contributed by atoms with E-state index in [1.165, 1.54) is 30.5 Å². The molecule has 116 valence electrons. The van der Waals surface area contributed by atoms with Crippen molar-refractivity contribution < 1.29 is 14.3 Å². The first-order valence-electron chi connectivity index (χ1n) is 7.00. The molecule has 1 N–H and O–H groups in total. The fourth-order valence-corrected chi connectivity index (χ4v) is 2.83. The van der Waals surface area contributed by atoms with Gasteiger partial charge in [0.05, 0.1) is 5.69 Å². The maximum atomic E-state index is 11.9. The first-order chi connectivity index (χ1) is 11.1. The van der Waals surface area contributed by atoms with Gasteiger partial charge in [-0.25, -0.2) is 9.78 Å². The van der Waals surface area contributed by atoms with Crippen LogP contribution >= 0.6 is 11.3 Å². The molecule has 5 nitrogen and oxygen atoms in total. The summed E-state index contributed by atoms with van der Waals surface area (Å²) in [5, 5.41) is 2.75. The van der Waals surface area contributed by atoms with Crippen LogP contribution in [0.1, 0.15) is 33.5 Å². The number of H-pyrrole nitrogens is 1. The van der Waals surface area contributed by atoms with Crippen molar-refractivity contribution in [3.05, 3.63) is 64.9 Å². The number of ether oxygens (including phenoxy) is 1. The number of nitrogens with one attached hydrogen (secondary N) is 1. The number of carbonyl (C=O) groups excluding carboxylic acids is 2. The minimum absolute atomic E-state index is 0.0938. The number of aromatic nitrogens is 2. The number of benzene rings is 1. The van der Waals surface area contributed by atoms with E-state index in [0.717, 1.165) is 10.6 Å². The molecule has 0 spiro atoms. The second-order valence-corrected chi connectivity index (χ2v) is 5.80. The van der Waals surface area contributed by atoms with E-state index < -0.39 is 5.97 Å². The highest BCUT2D eigenvalue weighted by molar-refractivity contribution is 7.13. The first-order valence-corrected chi connectivity index (χ1v) is 7.88. The summed E-state index contributed by atoms with van der Waals surface area (Å²) >= 11 is 1.50. The van der Waals surface area contributed by atoms with Gasteiger partial charge in [0.1, 0.15) is 17.3 Å². The van der Waals surface area contributed by atoms with Gasteiger partial charge >= 0.3 is 5.97 Å². The van der Waals surface area contributed by atoms with Crippen LogP contribution in [0, 0.1) is 0 Å². The summed E-state index contributed by atoms with van der Waals surface area (Å²) in [4.78, 5) is 30.4. The highest BCUT2D eigenvalue weighted by Crippen LogP contribution is 2.23. The summed E-state index contributed by atoms with van der Waals surface area (Å²) in [6, 6.07) is 11.3. The van der Waals surface area contributed by atoms with Crippen LogP contribution in [0.2, 0.25) is 0 Å². The van der Waals surface area contributed by atoms with Gasteiger partial charge in [0.25, 0.3) is 0 Å². The molecule has 2 aromatic heterocycles. The predicted octanol–water partition coefficient (Wildman–Crippen LogP) is 3.70. The maximum absolute atomic E-state index is 11.9. The van der Waals surface area contributed by atoms with Crippen molar-refractivity contribution >= 4 is 23.1 Å². The molecule has 0 aliphatic carbocycles. The van der Waals surface area contributed by atoms with Crippen molar-refractivity contribution in [2.45, 2.75) is 13.5 Å². The zero-order valence-corrected chi connectivity index (χ0v) is 13.2. The summed E-state index contributed by atoms with van der Waals surface area (Å²) < 4.78 is 5.22. The summed E-state index contributed by atoms with van der Waals surface area (Å²) in [6.45, 7) is 1.54. The van der Waals surface area contributed by atoms with Crippen LogP contribution in [-0.2, 0) is 11.3 Å². The molecule has 3 aromatic rings. The van der Waals surface area contributed by atoms with Crippen LogP contribution in [0.25, 0.3) is 10.6 Å². The molecule has 0 saturated heterocycles. The van der Waals surface area contributed by atoms with Gasteiger partial charge in [-0.2, -0.15) is 0 Å². The fourth-order valence-electron chi connectivity index (χ4n) is 2.02. The largest absolute Gasteiger partial charge is 0.454 e. The topological polar surface area (TPSA) is 72.0 Å². The van der Waals surface area contributed by atoms with Gasteiger partial charge in [-0.05, 0) is 13.0 Å². The number of hydrogen-bond acceptors (Lipinski definition) is 5. The lowest BCUT2D eigenvalue weighted by atomic mass is 10.2. The normalized spacial score (nSPS) is 10.5. The number of aromatic amines is 1. The molecule has 0 aliphatic rings. The third-order valence-electron chi connectivity index (χ3n) is 3.23. The number of Topliss-reactive ketones (excluding diaryl/α,β-unsaturated/α-hetero) is 1. The zero-order valence-electron chi connectivity index (χ0n) is 12.4. The van der Waals surface area contributed by atoms with Crippen LogP contribution < -0.4 is 0 Å². The van der Waals surface area contributed by atoms with E-state index in [-0.39, 0.29) is 18.1 Å². The van der Waals surface area contributed by atoms with Crippen molar-refractivity contribution in [2.75, 3.05) is 0 Å². The molecular weight excluding hydrogens is 312 g/mol. The average molecular weight is 326 g/mol. The van der Waals surface area contributed by atoms with Crippen LogP contribution in [0.3, 0.4) is 0 Å². The molecule has 0 fully saturated rings. The van der Waals surface area contributed by atoms with Crippen molar-refractivity contribution in [3.8, 4) is 10.6 Å². The van der Waals surface area contributed by atoms with Gasteiger partial charge in [0.15, 0.2) is 5.78 Å². The lowest BCUT2D eigenvalue weighted by Gasteiger charge is -2.00. The monoisotopic (exact) mass is 326 g/mol. The Balaban J connectivity index is 1.63. The summed E-state index contributed by atoms with van der Waals surface area (Å²) in [5.74, 6) is -0.612. The van der Waals surface area contributed by atoms with E-state index >= 15 is 0 Å². The van der Waals surface area contributed by atoms with E-state index in [9.17, 15) is 9.59 Å². The lowest BCUT2D eigenvalue weighted by Crippen LogP contribution is -2.05. The second-order valence-electron chi connectivity index (χ2n) is 4.94. The summed E-state index contributed by atoms with van der Waals surface area (Å²) in [6.07, 6.45) is 1.50. The summed E-state index contributed by atoms with van der Waals surface area (Å²) in [7, 11) is 0. The lowest BCUT2D eigenvalue weighted by molar-refractivity contribution is 0.0462. The van der Waals surface area contributed by atoms with Crippen LogP contribution in [0.5, 0.6) is 0 Å². The van der Waals surface area contributed by atoms with Crippen LogP contribution in [0.15, 0.2) is 48.0 Å². The Bertz CT molecular complexity index is 836. The van der Waals surface area contributed by atoms with Gasteiger partial charge in [0.2, 0.25) is 0 Å². The zero-order chi connectivity index (χ0) is 16.2. The standard InChI is InChI=1S/C17H14N2O3S/c1-11(20)13-7-15(18-8-13)17(21)22-9-14-10-23-16(19-14)12-5-3-2-4-6-12/h2-8,10,18H,9H2,1H3. The van der Waals surface area contributed by atoms with Crippen molar-refractivity contribution in [2.24, 2.45) is 0 Å². The molecule has 0 radical (unpaired) electrons. The third kappa shape index (κ3) is 3.54. The van der Waals surface area contributed by atoms with E-state index in [1.807, 2.05) is 35.7 Å². The molecular formula is C17H14N2O3S. The van der Waals surface area contributed by atoms with Gasteiger partial charge in [-0.15, -0.1) is 11.3 Å². The predicted molar refractivity (Wildman–Crippen MR) is 87.5 cm³/mol. The number of thiazole rings is 1. The fraction of sp³-hybridized carbons (Fsp3) is 0.118. The minimum atomic E-state index is -0.508.